The quantitative estimate of drug-likeness (QED) is 0.548. The van der Waals surface area contributed by atoms with Crippen LogP contribution in [0.4, 0.5) is 5.82 Å². The van der Waals surface area contributed by atoms with Crippen molar-refractivity contribution in [3.05, 3.63) is 83.3 Å². The first-order chi connectivity index (χ1) is 14.2. The van der Waals surface area contributed by atoms with Crippen LogP contribution in [0.3, 0.4) is 0 Å². The predicted molar refractivity (Wildman–Crippen MR) is 117 cm³/mol. The highest BCUT2D eigenvalue weighted by molar-refractivity contribution is 6.31. The van der Waals surface area contributed by atoms with Crippen LogP contribution in [-0.2, 0) is 6.54 Å². The van der Waals surface area contributed by atoms with E-state index in [4.69, 9.17) is 22.3 Å². The van der Waals surface area contributed by atoms with Gasteiger partial charge in [-0.15, -0.1) is 0 Å². The van der Waals surface area contributed by atoms with Gasteiger partial charge in [0.2, 0.25) is 0 Å². The number of pyridine rings is 1. The van der Waals surface area contributed by atoms with Crippen LogP contribution in [0.15, 0.2) is 67.0 Å². The van der Waals surface area contributed by atoms with Crippen molar-refractivity contribution in [1.82, 2.24) is 15.0 Å². The van der Waals surface area contributed by atoms with E-state index in [-0.39, 0.29) is 0 Å². The highest BCUT2D eigenvalue weighted by Gasteiger charge is 2.32. The molecule has 29 heavy (non-hydrogen) atoms. The molecular formula is C23H20ClN5. The van der Waals surface area contributed by atoms with Crippen molar-refractivity contribution in [2.45, 2.75) is 12.5 Å². The maximum Gasteiger partial charge on any atom is 0.129 e. The van der Waals surface area contributed by atoms with Crippen LogP contribution in [-0.4, -0.2) is 28.0 Å². The van der Waals surface area contributed by atoms with E-state index in [0.717, 1.165) is 52.3 Å². The van der Waals surface area contributed by atoms with Gasteiger partial charge in [-0.1, -0.05) is 29.8 Å². The molecule has 3 heterocycles. The molecule has 0 bridgehead atoms. The van der Waals surface area contributed by atoms with Gasteiger partial charge in [-0.3, -0.25) is 9.97 Å². The van der Waals surface area contributed by atoms with Crippen molar-refractivity contribution in [3.63, 3.8) is 0 Å². The lowest BCUT2D eigenvalue weighted by Gasteiger charge is -2.40. The third-order valence-electron chi connectivity index (χ3n) is 5.37. The van der Waals surface area contributed by atoms with Crippen LogP contribution in [0.1, 0.15) is 17.2 Å². The van der Waals surface area contributed by atoms with Crippen molar-refractivity contribution < 1.29 is 0 Å². The summed E-state index contributed by atoms with van der Waals surface area (Å²) in [4.78, 5) is 16.3. The number of nitrogens with two attached hydrogens (primary N) is 1. The fourth-order valence-electron chi connectivity index (χ4n) is 3.84. The van der Waals surface area contributed by atoms with E-state index in [2.05, 4.69) is 33.1 Å². The smallest absolute Gasteiger partial charge is 0.129 e. The minimum absolute atomic E-state index is 0.298. The Bertz CT molecular complexity index is 1190. The van der Waals surface area contributed by atoms with Crippen LogP contribution in [0.5, 0.6) is 0 Å². The molecule has 0 saturated carbocycles. The summed E-state index contributed by atoms with van der Waals surface area (Å²) in [5.41, 5.74) is 10.6. The minimum Gasteiger partial charge on any atom is -0.355 e. The van der Waals surface area contributed by atoms with Gasteiger partial charge in [-0.25, -0.2) is 4.98 Å². The zero-order valence-electron chi connectivity index (χ0n) is 15.8. The van der Waals surface area contributed by atoms with Crippen molar-refractivity contribution in [2.75, 3.05) is 18.0 Å². The van der Waals surface area contributed by atoms with E-state index < -0.39 is 0 Å². The molecule has 1 aliphatic heterocycles. The number of aromatic nitrogens is 3. The van der Waals surface area contributed by atoms with Crippen LogP contribution in [0.25, 0.3) is 22.2 Å². The topological polar surface area (TPSA) is 67.9 Å². The van der Waals surface area contributed by atoms with Gasteiger partial charge in [0.25, 0.3) is 0 Å². The second kappa shape index (κ2) is 7.43. The van der Waals surface area contributed by atoms with Crippen LogP contribution < -0.4 is 10.6 Å². The number of fused-ring (bicyclic) bond motifs is 1. The second-order valence-electron chi connectivity index (χ2n) is 7.31. The maximum atomic E-state index is 6.29. The van der Waals surface area contributed by atoms with Crippen LogP contribution in [0.2, 0.25) is 5.02 Å². The Morgan fingerprint density at radius 2 is 1.83 bits per heavy atom. The minimum atomic E-state index is 0.298. The average molecular weight is 402 g/mol. The second-order valence-corrected chi connectivity index (χ2v) is 7.74. The molecule has 0 spiro atoms. The molecule has 1 fully saturated rings. The fraction of sp³-hybridized carbons (Fsp3) is 0.174. The van der Waals surface area contributed by atoms with Crippen LogP contribution >= 0.6 is 11.6 Å². The van der Waals surface area contributed by atoms with Crippen molar-refractivity contribution in [2.24, 2.45) is 5.73 Å². The number of halogens is 1. The number of anilines is 1. The molecule has 4 aromatic rings. The van der Waals surface area contributed by atoms with E-state index in [1.165, 1.54) is 0 Å². The molecule has 0 unspecified atom stereocenters. The lowest BCUT2D eigenvalue weighted by atomic mass is 9.92. The van der Waals surface area contributed by atoms with Gasteiger partial charge in [-0.05, 0) is 42.0 Å². The largest absolute Gasteiger partial charge is 0.355 e. The summed E-state index contributed by atoms with van der Waals surface area (Å²) >= 11 is 6.29. The average Bonchev–Trinajstić information content (AvgIpc) is 2.72. The molecule has 1 saturated heterocycles. The summed E-state index contributed by atoms with van der Waals surface area (Å²) in [6.45, 7) is 2.16. The molecule has 0 radical (unpaired) electrons. The van der Waals surface area contributed by atoms with Crippen molar-refractivity contribution in [3.8, 4) is 11.3 Å². The molecule has 0 aliphatic carbocycles. The SMILES string of the molecule is NCc1cc(Cl)cc(-c2nccnc2C2CN(c3ccc4ccccc4n3)C2)c1. The number of hydrogen-bond acceptors (Lipinski definition) is 5. The number of benzene rings is 2. The molecule has 1 aliphatic rings. The highest BCUT2D eigenvalue weighted by Crippen LogP contribution is 2.35. The van der Waals surface area contributed by atoms with Gasteiger partial charge < -0.3 is 10.6 Å². The first-order valence-electron chi connectivity index (χ1n) is 9.63. The number of rotatable bonds is 4. The molecule has 0 amide bonds. The Kier molecular flexibility index (Phi) is 4.62. The Morgan fingerprint density at radius 1 is 1.00 bits per heavy atom. The molecule has 5 nitrogen and oxygen atoms in total. The summed E-state index contributed by atoms with van der Waals surface area (Å²) in [7, 11) is 0. The van der Waals surface area contributed by atoms with Gasteiger partial charge in [0.15, 0.2) is 0 Å². The zero-order chi connectivity index (χ0) is 19.8. The third kappa shape index (κ3) is 3.43. The Morgan fingerprint density at radius 3 is 2.69 bits per heavy atom. The van der Waals surface area contributed by atoms with E-state index in [1.807, 2.05) is 36.4 Å². The Hall–Kier alpha value is -3.02. The fourth-order valence-corrected chi connectivity index (χ4v) is 4.10. The molecule has 5 rings (SSSR count). The third-order valence-corrected chi connectivity index (χ3v) is 5.59. The Labute approximate surface area is 174 Å². The molecule has 2 aromatic heterocycles. The predicted octanol–water partition coefficient (Wildman–Crippen LogP) is 4.41. The lowest BCUT2D eigenvalue weighted by Crippen LogP contribution is -2.46. The number of hydrogen-bond donors (Lipinski definition) is 1. The van der Waals surface area contributed by atoms with Gasteiger partial charge in [-0.2, -0.15) is 0 Å². The van der Waals surface area contributed by atoms with Gasteiger partial charge in [0, 0.05) is 53.9 Å². The van der Waals surface area contributed by atoms with Gasteiger partial charge >= 0.3 is 0 Å². The molecule has 6 heteroatoms. The summed E-state index contributed by atoms with van der Waals surface area (Å²) < 4.78 is 0. The molecular weight excluding hydrogens is 382 g/mol. The maximum absolute atomic E-state index is 6.29. The van der Waals surface area contributed by atoms with E-state index in [1.54, 1.807) is 12.4 Å². The number of para-hydroxylation sites is 1. The van der Waals surface area contributed by atoms with Gasteiger partial charge in [0.1, 0.15) is 5.82 Å². The first kappa shape index (κ1) is 18.0. The summed E-state index contributed by atoms with van der Waals surface area (Å²) in [5, 5.41) is 1.82. The monoisotopic (exact) mass is 401 g/mol. The van der Waals surface area contributed by atoms with E-state index in [0.29, 0.717) is 17.5 Å². The lowest BCUT2D eigenvalue weighted by molar-refractivity contribution is 0.509. The standard InChI is InChI=1S/C23H20ClN5/c24-19-10-15(12-25)9-17(11-19)22-23(27-8-7-26-22)18-13-29(14-18)21-6-5-16-3-1-2-4-20(16)28-21/h1-11,18H,12-14,25H2. The van der Waals surface area contributed by atoms with E-state index in [9.17, 15) is 0 Å². The number of nitrogens with zero attached hydrogens (tertiary/aromatic N) is 4. The summed E-state index contributed by atoms with van der Waals surface area (Å²) in [6.07, 6.45) is 3.48. The molecule has 2 aromatic carbocycles. The first-order valence-corrected chi connectivity index (χ1v) is 10.0. The molecule has 0 atom stereocenters. The van der Waals surface area contributed by atoms with E-state index >= 15 is 0 Å². The zero-order valence-corrected chi connectivity index (χ0v) is 16.5. The molecule has 144 valence electrons. The molecule has 2 N–H and O–H groups in total. The normalized spacial score (nSPS) is 14.2. The van der Waals surface area contributed by atoms with Crippen LogP contribution in [0, 0.1) is 0 Å². The summed E-state index contributed by atoms with van der Waals surface area (Å²) in [5.74, 6) is 1.30. The van der Waals surface area contributed by atoms with Crippen molar-refractivity contribution in [1.29, 1.82) is 0 Å². The summed E-state index contributed by atoms with van der Waals surface area (Å²) in [6, 6.07) is 18.2. The Balaban J connectivity index is 1.41. The van der Waals surface area contributed by atoms with Crippen molar-refractivity contribution >= 4 is 28.3 Å². The van der Waals surface area contributed by atoms with Gasteiger partial charge in [0.05, 0.1) is 16.9 Å². The highest BCUT2D eigenvalue weighted by atomic mass is 35.5.